The van der Waals surface area contributed by atoms with Crippen molar-refractivity contribution in [1.82, 2.24) is 10.2 Å². The van der Waals surface area contributed by atoms with E-state index in [-0.39, 0.29) is 5.92 Å². The molecule has 0 saturated heterocycles. The molecule has 0 radical (unpaired) electrons. The summed E-state index contributed by atoms with van der Waals surface area (Å²) in [5.41, 5.74) is 0.555. The Morgan fingerprint density at radius 3 is 2.12 bits per heavy atom. The lowest BCUT2D eigenvalue weighted by Crippen LogP contribution is -2.46. The first-order valence-electron chi connectivity index (χ1n) is 7.76. The Balaban J connectivity index is 2.55. The Labute approximate surface area is 142 Å². The third-order valence-electron chi connectivity index (χ3n) is 3.36. The summed E-state index contributed by atoms with van der Waals surface area (Å²) >= 11 is 0. The van der Waals surface area contributed by atoms with Crippen molar-refractivity contribution in [2.45, 2.75) is 32.9 Å². The summed E-state index contributed by atoms with van der Waals surface area (Å²) in [5.74, 6) is -1.15. The van der Waals surface area contributed by atoms with Gasteiger partial charge in [0.25, 0.3) is 5.91 Å². The molecule has 0 heterocycles. The van der Waals surface area contributed by atoms with Gasteiger partial charge in [-0.25, -0.2) is 4.79 Å². The van der Waals surface area contributed by atoms with Gasteiger partial charge in [0.05, 0.1) is 0 Å². The molecular weight excluding hydrogens is 310 g/mol. The number of para-hydroxylation sites is 1. The highest BCUT2D eigenvalue weighted by molar-refractivity contribution is 6.02. The zero-order valence-corrected chi connectivity index (χ0v) is 14.7. The maximum Gasteiger partial charge on any atom is 0.325 e. The molecule has 2 N–H and O–H groups in total. The smallest absolute Gasteiger partial charge is 0.325 e. The van der Waals surface area contributed by atoms with Crippen LogP contribution >= 0.6 is 0 Å². The monoisotopic (exact) mass is 335 g/mol. The molecule has 24 heavy (non-hydrogen) atoms. The number of ether oxygens (including phenoxy) is 1. The second kappa shape index (κ2) is 9.02. The van der Waals surface area contributed by atoms with E-state index in [1.54, 1.807) is 43.3 Å². The zero-order chi connectivity index (χ0) is 18.3. The molecule has 1 aromatic rings. The van der Waals surface area contributed by atoms with Crippen molar-refractivity contribution in [1.29, 1.82) is 0 Å². The molecule has 7 heteroatoms. The van der Waals surface area contributed by atoms with Crippen LogP contribution in [0.25, 0.3) is 0 Å². The molecule has 1 aromatic carbocycles. The van der Waals surface area contributed by atoms with Crippen molar-refractivity contribution in [3.8, 4) is 0 Å². The first kappa shape index (κ1) is 19.6. The number of carbonyl (C=O) groups is 3. The standard InChI is InChI=1S/C17H25N3O4/c1-11(2)14(20(4)5)16(22)24-12(3)15(21)19-17(23)18-13-9-7-6-8-10-13/h6-12,14H,1-5H3,(H2,18,19,21,23)/t12-,14+/m1/s1. The molecule has 0 unspecified atom stereocenters. The molecule has 7 nitrogen and oxygen atoms in total. The van der Waals surface area contributed by atoms with E-state index in [1.165, 1.54) is 6.92 Å². The fourth-order valence-corrected chi connectivity index (χ4v) is 2.27. The van der Waals surface area contributed by atoms with E-state index in [9.17, 15) is 14.4 Å². The highest BCUT2D eigenvalue weighted by Crippen LogP contribution is 2.11. The van der Waals surface area contributed by atoms with E-state index in [1.807, 2.05) is 19.9 Å². The Bertz CT molecular complexity index is 564. The largest absolute Gasteiger partial charge is 0.451 e. The molecule has 2 atom stereocenters. The van der Waals surface area contributed by atoms with Crippen LogP contribution in [0.4, 0.5) is 10.5 Å². The van der Waals surface area contributed by atoms with E-state index < -0.39 is 30.1 Å². The lowest BCUT2D eigenvalue weighted by Gasteiger charge is -2.27. The van der Waals surface area contributed by atoms with E-state index in [2.05, 4.69) is 10.6 Å². The summed E-state index contributed by atoms with van der Waals surface area (Å²) in [6.45, 7) is 5.21. The van der Waals surface area contributed by atoms with Crippen LogP contribution in [-0.4, -0.2) is 49.0 Å². The molecular formula is C17H25N3O4. The van der Waals surface area contributed by atoms with Crippen molar-refractivity contribution < 1.29 is 19.1 Å². The van der Waals surface area contributed by atoms with Crippen molar-refractivity contribution in [2.75, 3.05) is 19.4 Å². The van der Waals surface area contributed by atoms with Crippen LogP contribution in [0.1, 0.15) is 20.8 Å². The van der Waals surface area contributed by atoms with Crippen LogP contribution in [0, 0.1) is 5.92 Å². The van der Waals surface area contributed by atoms with E-state index in [4.69, 9.17) is 4.74 Å². The van der Waals surface area contributed by atoms with Crippen LogP contribution in [-0.2, 0) is 14.3 Å². The van der Waals surface area contributed by atoms with E-state index in [0.29, 0.717) is 5.69 Å². The molecule has 0 bridgehead atoms. The zero-order valence-electron chi connectivity index (χ0n) is 14.7. The van der Waals surface area contributed by atoms with Gasteiger partial charge >= 0.3 is 12.0 Å². The van der Waals surface area contributed by atoms with Gasteiger partial charge < -0.3 is 10.1 Å². The quantitative estimate of drug-likeness (QED) is 0.775. The number of hydrogen-bond acceptors (Lipinski definition) is 5. The van der Waals surface area contributed by atoms with Crippen molar-refractivity contribution in [3.63, 3.8) is 0 Å². The summed E-state index contributed by atoms with van der Waals surface area (Å²) < 4.78 is 5.18. The topological polar surface area (TPSA) is 87.7 Å². The summed E-state index contributed by atoms with van der Waals surface area (Å²) in [7, 11) is 3.54. The first-order valence-corrected chi connectivity index (χ1v) is 7.76. The number of nitrogens with one attached hydrogen (secondary N) is 2. The van der Waals surface area contributed by atoms with Gasteiger partial charge in [0, 0.05) is 5.69 Å². The minimum Gasteiger partial charge on any atom is -0.451 e. The molecule has 0 aromatic heterocycles. The Morgan fingerprint density at radius 2 is 1.62 bits per heavy atom. The lowest BCUT2D eigenvalue weighted by atomic mass is 10.0. The predicted octanol–water partition coefficient (Wildman–Crippen LogP) is 1.85. The minimum absolute atomic E-state index is 0.0316. The van der Waals surface area contributed by atoms with Gasteiger partial charge in [-0.1, -0.05) is 32.0 Å². The van der Waals surface area contributed by atoms with Crippen molar-refractivity contribution in [2.24, 2.45) is 5.92 Å². The average molecular weight is 335 g/mol. The first-order chi connectivity index (χ1) is 11.2. The lowest BCUT2D eigenvalue weighted by molar-refractivity contribution is -0.160. The van der Waals surface area contributed by atoms with Gasteiger partial charge in [-0.15, -0.1) is 0 Å². The number of urea groups is 1. The van der Waals surface area contributed by atoms with Gasteiger partial charge in [-0.05, 0) is 39.1 Å². The predicted molar refractivity (Wildman–Crippen MR) is 91.5 cm³/mol. The number of likely N-dealkylation sites (N-methyl/N-ethyl adjacent to an activating group) is 1. The maximum atomic E-state index is 12.2. The highest BCUT2D eigenvalue weighted by atomic mass is 16.5. The fourth-order valence-electron chi connectivity index (χ4n) is 2.27. The van der Waals surface area contributed by atoms with Gasteiger partial charge in [-0.2, -0.15) is 0 Å². The molecule has 132 valence electrons. The van der Waals surface area contributed by atoms with Crippen LogP contribution in [0.2, 0.25) is 0 Å². The van der Waals surface area contributed by atoms with E-state index >= 15 is 0 Å². The third-order valence-corrected chi connectivity index (χ3v) is 3.36. The highest BCUT2D eigenvalue weighted by Gasteiger charge is 2.29. The Hall–Kier alpha value is -2.41. The Morgan fingerprint density at radius 1 is 1.04 bits per heavy atom. The molecule has 0 spiro atoms. The van der Waals surface area contributed by atoms with E-state index in [0.717, 1.165) is 0 Å². The molecule has 0 fully saturated rings. The summed E-state index contributed by atoms with van der Waals surface area (Å²) in [5, 5.41) is 4.67. The molecule has 0 aliphatic rings. The normalized spacial score (nSPS) is 13.3. The molecule has 0 aliphatic carbocycles. The summed E-state index contributed by atoms with van der Waals surface area (Å²) in [6.07, 6.45) is -1.07. The van der Waals surface area contributed by atoms with Crippen LogP contribution in [0.5, 0.6) is 0 Å². The average Bonchev–Trinajstić information content (AvgIpc) is 2.46. The number of rotatable bonds is 6. The second-order valence-electron chi connectivity index (χ2n) is 6.04. The number of nitrogens with zero attached hydrogens (tertiary/aromatic N) is 1. The van der Waals surface area contributed by atoms with Crippen molar-refractivity contribution >= 4 is 23.6 Å². The number of benzene rings is 1. The SMILES string of the molecule is CC(C)[C@@H](C(=O)O[C@H](C)C(=O)NC(=O)Nc1ccccc1)N(C)C. The summed E-state index contributed by atoms with van der Waals surface area (Å²) in [4.78, 5) is 37.7. The Kier molecular flexibility index (Phi) is 7.38. The van der Waals surface area contributed by atoms with Gasteiger partial charge in [0.15, 0.2) is 6.10 Å². The number of imide groups is 1. The van der Waals surface area contributed by atoms with Crippen LogP contribution in [0.3, 0.4) is 0 Å². The summed E-state index contributed by atoms with van der Waals surface area (Å²) in [6, 6.07) is 7.58. The maximum absolute atomic E-state index is 12.2. The minimum atomic E-state index is -1.07. The molecule has 0 aliphatic heterocycles. The van der Waals surface area contributed by atoms with Gasteiger partial charge in [-0.3, -0.25) is 19.8 Å². The van der Waals surface area contributed by atoms with Gasteiger partial charge in [0.1, 0.15) is 6.04 Å². The number of esters is 1. The number of carbonyl (C=O) groups excluding carboxylic acids is 3. The van der Waals surface area contributed by atoms with Gasteiger partial charge in [0.2, 0.25) is 0 Å². The fraction of sp³-hybridized carbons (Fsp3) is 0.471. The second-order valence-corrected chi connectivity index (χ2v) is 6.04. The molecule has 0 saturated carbocycles. The molecule has 1 rings (SSSR count). The number of hydrogen-bond donors (Lipinski definition) is 2. The number of amides is 3. The van der Waals surface area contributed by atoms with Crippen LogP contribution < -0.4 is 10.6 Å². The van der Waals surface area contributed by atoms with Crippen molar-refractivity contribution in [3.05, 3.63) is 30.3 Å². The van der Waals surface area contributed by atoms with Crippen LogP contribution in [0.15, 0.2) is 30.3 Å². The number of anilines is 1. The molecule has 3 amide bonds. The third kappa shape index (κ3) is 6.00.